The van der Waals surface area contributed by atoms with Gasteiger partial charge in [-0.25, -0.2) is 0 Å². The van der Waals surface area contributed by atoms with Crippen molar-refractivity contribution in [3.05, 3.63) is 180 Å². The van der Waals surface area contributed by atoms with Gasteiger partial charge < -0.3 is 9.80 Å². The highest BCUT2D eigenvalue weighted by molar-refractivity contribution is 7.02. The second-order valence-corrected chi connectivity index (χ2v) is 13.6. The van der Waals surface area contributed by atoms with E-state index >= 15 is 0 Å². The second kappa shape index (κ2) is 9.89. The molecule has 7 aromatic carbocycles. The number of fused-ring (bicyclic) bond motifs is 8. The van der Waals surface area contributed by atoms with Crippen molar-refractivity contribution in [3.8, 4) is 0 Å². The summed E-state index contributed by atoms with van der Waals surface area (Å²) < 4.78 is 0. The van der Waals surface area contributed by atoms with Gasteiger partial charge in [-0.15, -0.1) is 0 Å². The molecule has 0 saturated heterocycles. The van der Waals surface area contributed by atoms with E-state index in [1.165, 1.54) is 83.7 Å². The van der Waals surface area contributed by atoms with Crippen molar-refractivity contribution in [2.45, 2.75) is 12.8 Å². The summed E-state index contributed by atoms with van der Waals surface area (Å²) in [6, 6.07) is 59.1. The van der Waals surface area contributed by atoms with Crippen molar-refractivity contribution in [1.82, 2.24) is 0 Å². The molecule has 0 atom stereocenters. The van der Waals surface area contributed by atoms with E-state index in [0.29, 0.717) is 0 Å². The predicted molar refractivity (Wildman–Crippen MR) is 204 cm³/mol. The lowest BCUT2D eigenvalue weighted by Gasteiger charge is -2.45. The Morgan fingerprint density at radius 3 is 1.58 bits per heavy atom. The molecular weight excluding hydrogens is 578 g/mol. The van der Waals surface area contributed by atoms with Crippen molar-refractivity contribution in [2.24, 2.45) is 0 Å². The van der Waals surface area contributed by atoms with Gasteiger partial charge in [0.1, 0.15) is 0 Å². The van der Waals surface area contributed by atoms with Crippen LogP contribution in [0.5, 0.6) is 0 Å². The molecule has 0 saturated carbocycles. The van der Waals surface area contributed by atoms with Crippen LogP contribution in [-0.2, 0) is 12.8 Å². The van der Waals surface area contributed by atoms with Crippen LogP contribution in [0, 0.1) is 0 Å². The highest BCUT2D eigenvalue weighted by Gasteiger charge is 2.45. The third kappa shape index (κ3) is 3.55. The molecule has 4 aliphatic heterocycles. The van der Waals surface area contributed by atoms with Crippen LogP contribution in [-0.4, -0.2) is 13.4 Å². The zero-order valence-corrected chi connectivity index (χ0v) is 26.5. The van der Waals surface area contributed by atoms with Gasteiger partial charge in [-0.1, -0.05) is 126 Å². The van der Waals surface area contributed by atoms with Crippen molar-refractivity contribution in [2.75, 3.05) is 9.80 Å². The Bertz CT molecular complexity index is 2440. The first-order valence-corrected chi connectivity index (χ1v) is 17.1. The fourth-order valence-electron chi connectivity index (χ4n) is 9.33. The Morgan fingerprint density at radius 2 is 0.854 bits per heavy atom. The first kappa shape index (κ1) is 26.4. The molecule has 222 valence electrons. The molecule has 0 spiro atoms. The number of para-hydroxylation sites is 3. The van der Waals surface area contributed by atoms with Gasteiger partial charge in [0.25, 0.3) is 6.71 Å². The zero-order valence-electron chi connectivity index (χ0n) is 26.5. The predicted octanol–water partition coefficient (Wildman–Crippen LogP) is 6.09. The minimum Gasteiger partial charge on any atom is -0.311 e. The number of hydrogen-bond acceptors (Lipinski definition) is 2. The lowest BCUT2D eigenvalue weighted by atomic mass is 9.28. The molecule has 0 amide bonds. The number of benzene rings is 7. The standard InChI is InChI=1S/C44H30B2N2/c1-3-16-33(17-4-1)47-39-22-10-9-21-36(39)46-38-28-37-32(26-31-15-11-14-30-25-29-13-7-8-20-35(29)45(37)43(30)31)27-42(38)48(34-18-5-2-6-19-34)41-24-12-23-40(47)44(41)46/h1-24,27-28H,25-26H2. The lowest BCUT2D eigenvalue weighted by molar-refractivity contribution is 1.14. The summed E-state index contributed by atoms with van der Waals surface area (Å²) in [4.78, 5) is 5.00. The molecule has 0 N–H and O–H groups in total. The fourth-order valence-corrected chi connectivity index (χ4v) is 9.33. The van der Waals surface area contributed by atoms with Gasteiger partial charge in [0.05, 0.1) is 0 Å². The van der Waals surface area contributed by atoms with Crippen LogP contribution in [0.2, 0.25) is 0 Å². The lowest BCUT2D eigenvalue weighted by Crippen LogP contribution is -2.65. The van der Waals surface area contributed by atoms with E-state index in [1.54, 1.807) is 5.46 Å². The molecule has 0 radical (unpaired) electrons. The Hall–Kier alpha value is -5.73. The Morgan fingerprint density at radius 1 is 0.333 bits per heavy atom. The van der Waals surface area contributed by atoms with Crippen LogP contribution < -0.4 is 42.6 Å². The smallest absolute Gasteiger partial charge is 0.252 e. The van der Waals surface area contributed by atoms with Crippen molar-refractivity contribution in [3.63, 3.8) is 0 Å². The monoisotopic (exact) mass is 608 g/mol. The quantitative estimate of drug-likeness (QED) is 0.219. The van der Waals surface area contributed by atoms with E-state index in [2.05, 4.69) is 168 Å². The first-order valence-electron chi connectivity index (χ1n) is 17.1. The molecular formula is C44H30B2N2. The summed E-state index contributed by atoms with van der Waals surface area (Å²) in [5, 5.41) is 0. The zero-order chi connectivity index (χ0) is 31.3. The Labute approximate surface area is 282 Å². The molecule has 2 nitrogen and oxygen atoms in total. The van der Waals surface area contributed by atoms with Gasteiger partial charge in [0.15, 0.2) is 0 Å². The second-order valence-electron chi connectivity index (χ2n) is 13.6. The number of hydrogen-bond donors (Lipinski definition) is 0. The average Bonchev–Trinajstić information content (AvgIpc) is 3.14. The third-order valence-electron chi connectivity index (χ3n) is 11.2. The van der Waals surface area contributed by atoms with Crippen LogP contribution in [0.3, 0.4) is 0 Å². The van der Waals surface area contributed by atoms with Gasteiger partial charge in [0, 0.05) is 34.1 Å². The van der Waals surface area contributed by atoms with E-state index in [-0.39, 0.29) is 13.4 Å². The molecule has 48 heavy (non-hydrogen) atoms. The van der Waals surface area contributed by atoms with E-state index in [0.717, 1.165) is 12.8 Å². The summed E-state index contributed by atoms with van der Waals surface area (Å²) in [6.07, 6.45) is 1.98. The fraction of sp³-hybridized carbons (Fsp3) is 0.0455. The number of rotatable bonds is 2. The number of nitrogens with zero attached hydrogens (tertiary/aromatic N) is 2. The number of anilines is 6. The van der Waals surface area contributed by atoms with E-state index < -0.39 is 0 Å². The molecule has 0 aliphatic carbocycles. The summed E-state index contributed by atoms with van der Waals surface area (Å²) in [7, 11) is 0. The highest BCUT2D eigenvalue weighted by atomic mass is 15.2. The van der Waals surface area contributed by atoms with E-state index in [9.17, 15) is 0 Å². The van der Waals surface area contributed by atoms with Crippen LogP contribution >= 0.6 is 0 Å². The summed E-state index contributed by atoms with van der Waals surface area (Å²) in [5.74, 6) is 0. The largest absolute Gasteiger partial charge is 0.311 e. The minimum atomic E-state index is 0.114. The van der Waals surface area contributed by atoms with Gasteiger partial charge in [-0.05, 0) is 100 Å². The van der Waals surface area contributed by atoms with Gasteiger partial charge in [-0.2, -0.15) is 0 Å². The summed E-state index contributed by atoms with van der Waals surface area (Å²) in [5.41, 5.74) is 21.9. The maximum absolute atomic E-state index is 2.62. The molecule has 0 aromatic heterocycles. The van der Waals surface area contributed by atoms with Gasteiger partial charge in [-0.3, -0.25) is 0 Å². The maximum Gasteiger partial charge on any atom is 0.252 e. The normalized spacial score (nSPS) is 14.3. The average molecular weight is 608 g/mol. The molecule has 7 aromatic rings. The van der Waals surface area contributed by atoms with Crippen molar-refractivity contribution < 1.29 is 0 Å². The van der Waals surface area contributed by atoms with Gasteiger partial charge >= 0.3 is 0 Å². The van der Waals surface area contributed by atoms with Crippen LogP contribution in [0.15, 0.2) is 158 Å². The van der Waals surface area contributed by atoms with E-state index in [4.69, 9.17) is 0 Å². The molecule has 4 aliphatic rings. The molecule has 0 bridgehead atoms. The van der Waals surface area contributed by atoms with Gasteiger partial charge in [0.2, 0.25) is 6.71 Å². The Kier molecular flexibility index (Phi) is 5.43. The first-order chi connectivity index (χ1) is 23.8. The highest BCUT2D eigenvalue weighted by Crippen LogP contribution is 2.44. The Balaban J connectivity index is 1.23. The molecule has 0 unspecified atom stereocenters. The van der Waals surface area contributed by atoms with Crippen LogP contribution in [0.1, 0.15) is 22.3 Å². The summed E-state index contributed by atoms with van der Waals surface area (Å²) >= 11 is 0. The van der Waals surface area contributed by atoms with E-state index in [1.807, 2.05) is 0 Å². The molecule has 4 heterocycles. The van der Waals surface area contributed by atoms with Crippen LogP contribution in [0.4, 0.5) is 34.1 Å². The molecule has 0 fully saturated rings. The third-order valence-corrected chi connectivity index (χ3v) is 11.2. The van der Waals surface area contributed by atoms with Crippen molar-refractivity contribution >= 4 is 80.3 Å². The molecule has 4 heteroatoms. The van der Waals surface area contributed by atoms with Crippen molar-refractivity contribution in [1.29, 1.82) is 0 Å². The summed E-state index contributed by atoms with van der Waals surface area (Å²) in [6.45, 7) is 0.361. The topological polar surface area (TPSA) is 6.48 Å². The minimum absolute atomic E-state index is 0.114. The van der Waals surface area contributed by atoms with Crippen LogP contribution in [0.25, 0.3) is 0 Å². The maximum atomic E-state index is 2.62. The SMILES string of the molecule is c1ccc(N2c3ccccc3B3c4cc5c(cc4N(c4ccccc4)c4cccc2c43)Cc2cccc3c2B5c2ccccc2C3)cc1. The molecule has 11 rings (SSSR count).